The average molecular weight is 289 g/mol. The van der Waals surface area contributed by atoms with Gasteiger partial charge in [0, 0.05) is 23.7 Å². The molecular formula is C18H27NO2. The highest BCUT2D eigenvalue weighted by Gasteiger charge is 2.18. The quantitative estimate of drug-likeness (QED) is 0.605. The minimum atomic E-state index is 0.107. The van der Waals surface area contributed by atoms with Gasteiger partial charge in [0.2, 0.25) is 0 Å². The van der Waals surface area contributed by atoms with E-state index in [9.17, 15) is 4.79 Å². The van der Waals surface area contributed by atoms with Crippen LogP contribution in [0.15, 0.2) is 18.2 Å². The van der Waals surface area contributed by atoms with Gasteiger partial charge >= 0.3 is 0 Å². The second-order valence-electron chi connectivity index (χ2n) is 6.14. The van der Waals surface area contributed by atoms with Crippen LogP contribution in [0.5, 0.6) is 5.75 Å². The fourth-order valence-electron chi connectivity index (χ4n) is 3.22. The molecule has 0 amide bonds. The molecule has 3 nitrogen and oxygen atoms in total. The van der Waals surface area contributed by atoms with Crippen molar-refractivity contribution >= 4 is 5.78 Å². The number of hydrogen-bond acceptors (Lipinski definition) is 3. The number of ether oxygens (including phenoxy) is 1. The number of carbonyl (C=O) groups is 1. The maximum absolute atomic E-state index is 11.6. The highest BCUT2D eigenvalue weighted by atomic mass is 16.5. The molecule has 0 aliphatic heterocycles. The highest BCUT2D eigenvalue weighted by molar-refractivity contribution is 5.94. The number of Topliss-reactive ketones (excluding diaryl/α,β-unsaturated/α-hetero) is 1. The van der Waals surface area contributed by atoms with Gasteiger partial charge in [-0.15, -0.1) is 0 Å². The Hall–Kier alpha value is -1.35. The van der Waals surface area contributed by atoms with Crippen LogP contribution in [-0.2, 0) is 6.54 Å². The number of carbonyl (C=O) groups excluding carboxylic acids is 1. The molecular weight excluding hydrogens is 262 g/mol. The smallest absolute Gasteiger partial charge is 0.159 e. The standard InChI is InChI=1S/C18H27NO2/c1-14(20)15-10-11-18(21-3)16(12-15)13-19(2)17-8-6-4-5-7-9-17/h10-12,17H,4-9,13H2,1-3H3. The highest BCUT2D eigenvalue weighted by Crippen LogP contribution is 2.26. The van der Waals surface area contributed by atoms with E-state index in [-0.39, 0.29) is 5.78 Å². The summed E-state index contributed by atoms with van der Waals surface area (Å²) in [6.07, 6.45) is 7.97. The molecule has 1 aromatic rings. The summed E-state index contributed by atoms with van der Waals surface area (Å²) in [6, 6.07) is 6.38. The third-order valence-corrected chi connectivity index (χ3v) is 4.55. The van der Waals surface area contributed by atoms with E-state index in [4.69, 9.17) is 4.74 Å². The number of rotatable bonds is 5. The molecule has 1 saturated carbocycles. The third-order valence-electron chi connectivity index (χ3n) is 4.55. The molecule has 0 saturated heterocycles. The largest absolute Gasteiger partial charge is 0.496 e. The molecule has 2 rings (SSSR count). The van der Waals surface area contributed by atoms with E-state index < -0.39 is 0 Å². The van der Waals surface area contributed by atoms with E-state index in [0.29, 0.717) is 6.04 Å². The molecule has 0 heterocycles. The predicted molar refractivity (Wildman–Crippen MR) is 86.0 cm³/mol. The zero-order chi connectivity index (χ0) is 15.2. The molecule has 116 valence electrons. The molecule has 1 aliphatic carbocycles. The Labute approximate surface area is 128 Å². The van der Waals surface area contributed by atoms with Crippen molar-refractivity contribution in [1.82, 2.24) is 4.90 Å². The third kappa shape index (κ3) is 4.31. The first-order valence-corrected chi connectivity index (χ1v) is 8.00. The van der Waals surface area contributed by atoms with Crippen molar-refractivity contribution in [1.29, 1.82) is 0 Å². The average Bonchev–Trinajstić information content (AvgIpc) is 2.76. The fourth-order valence-corrected chi connectivity index (χ4v) is 3.22. The van der Waals surface area contributed by atoms with Crippen molar-refractivity contribution < 1.29 is 9.53 Å². The zero-order valence-corrected chi connectivity index (χ0v) is 13.5. The van der Waals surface area contributed by atoms with Gasteiger partial charge in [0.25, 0.3) is 0 Å². The predicted octanol–water partition coefficient (Wildman–Crippen LogP) is 4.05. The van der Waals surface area contributed by atoms with Crippen molar-refractivity contribution in [2.75, 3.05) is 14.2 Å². The maximum Gasteiger partial charge on any atom is 0.159 e. The van der Waals surface area contributed by atoms with Crippen LogP contribution in [0.2, 0.25) is 0 Å². The Balaban J connectivity index is 2.12. The summed E-state index contributed by atoms with van der Waals surface area (Å²) in [4.78, 5) is 14.0. The van der Waals surface area contributed by atoms with Crippen LogP contribution in [0, 0.1) is 0 Å². The zero-order valence-electron chi connectivity index (χ0n) is 13.5. The minimum absolute atomic E-state index is 0.107. The van der Waals surface area contributed by atoms with E-state index in [1.165, 1.54) is 38.5 Å². The van der Waals surface area contributed by atoms with Crippen LogP contribution in [0.4, 0.5) is 0 Å². The van der Waals surface area contributed by atoms with Gasteiger partial charge in [0.1, 0.15) is 5.75 Å². The molecule has 0 spiro atoms. The van der Waals surface area contributed by atoms with Gasteiger partial charge in [-0.2, -0.15) is 0 Å². The van der Waals surface area contributed by atoms with Gasteiger partial charge < -0.3 is 4.74 Å². The lowest BCUT2D eigenvalue weighted by molar-refractivity contribution is 0.101. The normalized spacial score (nSPS) is 16.8. The summed E-state index contributed by atoms with van der Waals surface area (Å²) in [5, 5.41) is 0. The van der Waals surface area contributed by atoms with Crippen LogP contribution in [0.25, 0.3) is 0 Å². The summed E-state index contributed by atoms with van der Waals surface area (Å²) in [5.74, 6) is 0.983. The molecule has 0 unspecified atom stereocenters. The van der Waals surface area contributed by atoms with E-state index in [0.717, 1.165) is 23.4 Å². The van der Waals surface area contributed by atoms with E-state index in [1.807, 2.05) is 18.2 Å². The van der Waals surface area contributed by atoms with Crippen molar-refractivity contribution in [3.8, 4) is 5.75 Å². The second-order valence-corrected chi connectivity index (χ2v) is 6.14. The molecule has 1 aliphatic rings. The maximum atomic E-state index is 11.6. The molecule has 0 atom stereocenters. The van der Waals surface area contributed by atoms with E-state index in [1.54, 1.807) is 14.0 Å². The number of hydrogen-bond donors (Lipinski definition) is 0. The van der Waals surface area contributed by atoms with Crippen LogP contribution in [-0.4, -0.2) is 30.9 Å². The molecule has 21 heavy (non-hydrogen) atoms. The van der Waals surface area contributed by atoms with Crippen LogP contribution in [0.1, 0.15) is 61.4 Å². The van der Waals surface area contributed by atoms with Gasteiger partial charge in [0.05, 0.1) is 7.11 Å². The summed E-state index contributed by atoms with van der Waals surface area (Å²) >= 11 is 0. The number of methoxy groups -OCH3 is 1. The lowest BCUT2D eigenvalue weighted by Crippen LogP contribution is -2.30. The van der Waals surface area contributed by atoms with Crippen molar-refractivity contribution in [3.05, 3.63) is 29.3 Å². The number of nitrogens with zero attached hydrogens (tertiary/aromatic N) is 1. The van der Waals surface area contributed by atoms with E-state index in [2.05, 4.69) is 11.9 Å². The molecule has 0 aromatic heterocycles. The van der Waals surface area contributed by atoms with Gasteiger partial charge in [-0.1, -0.05) is 25.7 Å². The Morgan fingerprint density at radius 3 is 2.48 bits per heavy atom. The summed E-state index contributed by atoms with van der Waals surface area (Å²) in [5.41, 5.74) is 1.87. The Kier molecular flexibility index (Phi) is 5.80. The summed E-state index contributed by atoms with van der Waals surface area (Å²) in [7, 11) is 3.88. The van der Waals surface area contributed by atoms with Gasteiger partial charge in [-0.3, -0.25) is 9.69 Å². The topological polar surface area (TPSA) is 29.5 Å². The van der Waals surface area contributed by atoms with Gasteiger partial charge in [-0.25, -0.2) is 0 Å². The van der Waals surface area contributed by atoms with Crippen molar-refractivity contribution in [2.24, 2.45) is 0 Å². The molecule has 1 aromatic carbocycles. The number of benzene rings is 1. The van der Waals surface area contributed by atoms with E-state index >= 15 is 0 Å². The van der Waals surface area contributed by atoms with Crippen LogP contribution < -0.4 is 4.74 Å². The first kappa shape index (κ1) is 16.0. The Morgan fingerprint density at radius 2 is 1.90 bits per heavy atom. The van der Waals surface area contributed by atoms with Gasteiger partial charge in [0.15, 0.2) is 5.78 Å². The van der Waals surface area contributed by atoms with Crippen molar-refractivity contribution in [3.63, 3.8) is 0 Å². The van der Waals surface area contributed by atoms with Crippen molar-refractivity contribution in [2.45, 2.75) is 58.0 Å². The monoisotopic (exact) mass is 289 g/mol. The summed E-state index contributed by atoms with van der Waals surface area (Å²) < 4.78 is 5.46. The molecule has 0 bridgehead atoms. The molecule has 0 N–H and O–H groups in total. The lowest BCUT2D eigenvalue weighted by Gasteiger charge is -2.27. The summed E-state index contributed by atoms with van der Waals surface area (Å²) in [6.45, 7) is 2.45. The second kappa shape index (κ2) is 7.60. The first-order valence-electron chi connectivity index (χ1n) is 8.00. The first-order chi connectivity index (χ1) is 10.1. The van der Waals surface area contributed by atoms with Gasteiger partial charge in [-0.05, 0) is 45.0 Å². The molecule has 0 radical (unpaired) electrons. The molecule has 3 heteroatoms. The Morgan fingerprint density at radius 1 is 1.24 bits per heavy atom. The molecule has 1 fully saturated rings. The fraction of sp³-hybridized carbons (Fsp3) is 0.611. The Bertz CT molecular complexity index is 476. The SMILES string of the molecule is COc1ccc(C(C)=O)cc1CN(C)C1CCCCCC1. The van der Waals surface area contributed by atoms with Crippen LogP contribution in [0.3, 0.4) is 0 Å². The number of ketones is 1. The van der Waals surface area contributed by atoms with Crippen LogP contribution >= 0.6 is 0 Å². The minimum Gasteiger partial charge on any atom is -0.496 e. The lowest BCUT2D eigenvalue weighted by atomic mass is 10.0.